The van der Waals surface area contributed by atoms with Gasteiger partial charge in [-0.3, -0.25) is 4.98 Å². The lowest BCUT2D eigenvalue weighted by Gasteiger charge is -1.94. The highest BCUT2D eigenvalue weighted by molar-refractivity contribution is 5.39. The molecule has 1 atom stereocenters. The minimum absolute atomic E-state index is 0.0717. The molecular weight excluding hydrogens is 148 g/mol. The number of aryl methyl sites for hydroxylation is 1. The maximum Gasteiger partial charge on any atom is 0.0639 e. The Balaban J connectivity index is 2.92. The molecule has 0 amide bonds. The molecule has 0 spiro atoms. The van der Waals surface area contributed by atoms with E-state index in [1.807, 2.05) is 19.9 Å². The van der Waals surface area contributed by atoms with Crippen LogP contribution in [0.1, 0.15) is 18.1 Å². The Morgan fingerprint density at radius 2 is 2.33 bits per heavy atom. The Morgan fingerprint density at radius 3 is 2.92 bits per heavy atom. The standard InChI is InChI=1S/C10H12N2/c1-8-7-12-6-5-10(8)4-3-9(2)11/h5-7,9H,11H2,1-2H3. The van der Waals surface area contributed by atoms with E-state index in [1.54, 1.807) is 12.4 Å². The summed E-state index contributed by atoms with van der Waals surface area (Å²) in [6.45, 7) is 3.85. The van der Waals surface area contributed by atoms with E-state index in [9.17, 15) is 0 Å². The smallest absolute Gasteiger partial charge is 0.0639 e. The van der Waals surface area contributed by atoms with Gasteiger partial charge in [0.05, 0.1) is 6.04 Å². The molecule has 1 aromatic heterocycles. The van der Waals surface area contributed by atoms with Crippen LogP contribution in [0.5, 0.6) is 0 Å². The van der Waals surface area contributed by atoms with Gasteiger partial charge in [0.2, 0.25) is 0 Å². The van der Waals surface area contributed by atoms with Crippen LogP contribution >= 0.6 is 0 Å². The molecule has 2 heteroatoms. The largest absolute Gasteiger partial charge is 0.318 e. The SMILES string of the molecule is Cc1cnccc1C#CC(C)N. The Bertz CT molecular complexity index is 318. The Hall–Kier alpha value is -1.33. The fourth-order valence-electron chi connectivity index (χ4n) is 0.805. The summed E-state index contributed by atoms with van der Waals surface area (Å²) in [4.78, 5) is 3.97. The van der Waals surface area contributed by atoms with Gasteiger partial charge in [-0.25, -0.2) is 0 Å². The van der Waals surface area contributed by atoms with Crippen LogP contribution in [0.15, 0.2) is 18.5 Å². The van der Waals surface area contributed by atoms with Crippen LogP contribution in [0.3, 0.4) is 0 Å². The van der Waals surface area contributed by atoms with E-state index < -0.39 is 0 Å². The Kier molecular flexibility index (Phi) is 2.84. The van der Waals surface area contributed by atoms with E-state index in [2.05, 4.69) is 16.8 Å². The average Bonchev–Trinajstić information content (AvgIpc) is 2.03. The average molecular weight is 160 g/mol. The monoisotopic (exact) mass is 160 g/mol. The van der Waals surface area contributed by atoms with Crippen LogP contribution in [0.2, 0.25) is 0 Å². The van der Waals surface area contributed by atoms with E-state index in [-0.39, 0.29) is 6.04 Å². The first-order chi connectivity index (χ1) is 5.70. The number of rotatable bonds is 0. The molecule has 0 saturated carbocycles. The van der Waals surface area contributed by atoms with Gasteiger partial charge in [-0.2, -0.15) is 0 Å². The van der Waals surface area contributed by atoms with Crippen molar-refractivity contribution in [1.82, 2.24) is 4.98 Å². The predicted molar refractivity (Wildman–Crippen MR) is 49.5 cm³/mol. The number of aromatic nitrogens is 1. The molecule has 1 aromatic rings. The lowest BCUT2D eigenvalue weighted by molar-refractivity contribution is 0.959. The summed E-state index contributed by atoms with van der Waals surface area (Å²) in [5, 5.41) is 0. The van der Waals surface area contributed by atoms with E-state index in [0.717, 1.165) is 11.1 Å². The van der Waals surface area contributed by atoms with Crippen molar-refractivity contribution in [3.05, 3.63) is 29.6 Å². The van der Waals surface area contributed by atoms with Crippen molar-refractivity contribution >= 4 is 0 Å². The zero-order valence-electron chi connectivity index (χ0n) is 7.33. The lowest BCUT2D eigenvalue weighted by atomic mass is 10.1. The van der Waals surface area contributed by atoms with E-state index in [1.165, 1.54) is 0 Å². The van der Waals surface area contributed by atoms with Crippen molar-refractivity contribution in [2.45, 2.75) is 19.9 Å². The van der Waals surface area contributed by atoms with E-state index in [4.69, 9.17) is 5.73 Å². The molecular formula is C10H12N2. The molecule has 1 unspecified atom stereocenters. The zero-order valence-corrected chi connectivity index (χ0v) is 7.33. The maximum absolute atomic E-state index is 5.50. The minimum Gasteiger partial charge on any atom is -0.318 e. The normalized spacial score (nSPS) is 11.6. The van der Waals surface area contributed by atoms with Crippen molar-refractivity contribution in [2.24, 2.45) is 5.73 Å². The molecule has 1 rings (SSSR count). The van der Waals surface area contributed by atoms with Crippen LogP contribution in [-0.2, 0) is 0 Å². The molecule has 2 N–H and O–H groups in total. The number of nitrogens with two attached hydrogens (primary N) is 1. The van der Waals surface area contributed by atoms with E-state index in [0.29, 0.717) is 0 Å². The first-order valence-electron chi connectivity index (χ1n) is 3.88. The van der Waals surface area contributed by atoms with Crippen LogP contribution < -0.4 is 5.73 Å². The third-order valence-electron chi connectivity index (χ3n) is 1.45. The quantitative estimate of drug-likeness (QED) is 0.577. The molecule has 12 heavy (non-hydrogen) atoms. The van der Waals surface area contributed by atoms with E-state index >= 15 is 0 Å². The number of hydrogen-bond donors (Lipinski definition) is 1. The van der Waals surface area contributed by atoms with Crippen molar-refractivity contribution in [3.63, 3.8) is 0 Å². The van der Waals surface area contributed by atoms with Crippen molar-refractivity contribution < 1.29 is 0 Å². The van der Waals surface area contributed by atoms with Crippen molar-refractivity contribution in [3.8, 4) is 11.8 Å². The number of hydrogen-bond acceptors (Lipinski definition) is 2. The van der Waals surface area contributed by atoms with Gasteiger partial charge in [0.1, 0.15) is 0 Å². The molecule has 0 aliphatic rings. The Morgan fingerprint density at radius 1 is 1.58 bits per heavy atom. The Labute approximate surface area is 72.8 Å². The summed E-state index contributed by atoms with van der Waals surface area (Å²) in [5.41, 5.74) is 7.59. The van der Waals surface area contributed by atoms with Crippen molar-refractivity contribution in [1.29, 1.82) is 0 Å². The molecule has 0 aliphatic heterocycles. The molecule has 0 radical (unpaired) electrons. The summed E-state index contributed by atoms with van der Waals surface area (Å²) in [6, 6.07) is 1.82. The fraction of sp³-hybridized carbons (Fsp3) is 0.300. The predicted octanol–water partition coefficient (Wildman–Crippen LogP) is 1.09. The van der Waals surface area contributed by atoms with Crippen LogP contribution in [0.4, 0.5) is 0 Å². The third-order valence-corrected chi connectivity index (χ3v) is 1.45. The molecule has 2 nitrogen and oxygen atoms in total. The number of nitrogens with zero attached hydrogens (tertiary/aromatic N) is 1. The summed E-state index contributed by atoms with van der Waals surface area (Å²) in [6.07, 6.45) is 3.53. The summed E-state index contributed by atoms with van der Waals surface area (Å²) < 4.78 is 0. The highest BCUT2D eigenvalue weighted by Crippen LogP contribution is 2.01. The first-order valence-corrected chi connectivity index (χ1v) is 3.88. The highest BCUT2D eigenvalue weighted by atomic mass is 14.6. The van der Waals surface area contributed by atoms with Gasteiger partial charge in [-0.05, 0) is 25.5 Å². The number of pyridine rings is 1. The first kappa shape index (κ1) is 8.76. The van der Waals surface area contributed by atoms with Crippen LogP contribution in [-0.4, -0.2) is 11.0 Å². The third kappa shape index (κ3) is 2.37. The van der Waals surface area contributed by atoms with Gasteiger partial charge in [0.25, 0.3) is 0 Å². The molecule has 0 saturated heterocycles. The fourth-order valence-corrected chi connectivity index (χ4v) is 0.805. The maximum atomic E-state index is 5.50. The molecule has 62 valence electrons. The van der Waals surface area contributed by atoms with Gasteiger partial charge >= 0.3 is 0 Å². The van der Waals surface area contributed by atoms with Gasteiger partial charge in [-0.1, -0.05) is 11.8 Å². The van der Waals surface area contributed by atoms with Gasteiger partial charge in [-0.15, -0.1) is 0 Å². The molecule has 0 bridgehead atoms. The summed E-state index contributed by atoms with van der Waals surface area (Å²) in [7, 11) is 0. The minimum atomic E-state index is -0.0717. The van der Waals surface area contributed by atoms with Crippen LogP contribution in [0.25, 0.3) is 0 Å². The molecule has 0 aromatic carbocycles. The van der Waals surface area contributed by atoms with Gasteiger partial charge in [0.15, 0.2) is 0 Å². The van der Waals surface area contributed by atoms with Crippen molar-refractivity contribution in [2.75, 3.05) is 0 Å². The molecule has 0 aliphatic carbocycles. The lowest BCUT2D eigenvalue weighted by Crippen LogP contribution is -2.10. The van der Waals surface area contributed by atoms with Crippen LogP contribution in [0, 0.1) is 18.8 Å². The second-order valence-corrected chi connectivity index (χ2v) is 2.75. The zero-order chi connectivity index (χ0) is 8.97. The van der Waals surface area contributed by atoms with Gasteiger partial charge < -0.3 is 5.73 Å². The summed E-state index contributed by atoms with van der Waals surface area (Å²) in [5.74, 6) is 5.90. The highest BCUT2D eigenvalue weighted by Gasteiger charge is 1.91. The molecule has 1 heterocycles. The second-order valence-electron chi connectivity index (χ2n) is 2.75. The topological polar surface area (TPSA) is 38.9 Å². The second kappa shape index (κ2) is 3.89. The molecule has 0 fully saturated rings. The van der Waals surface area contributed by atoms with Gasteiger partial charge in [0, 0.05) is 18.0 Å². The summed E-state index contributed by atoms with van der Waals surface area (Å²) >= 11 is 0.